The van der Waals surface area contributed by atoms with E-state index in [9.17, 15) is 9.59 Å². The van der Waals surface area contributed by atoms with E-state index in [0.29, 0.717) is 50.7 Å². The lowest BCUT2D eigenvalue weighted by atomic mass is 9.98. The molecule has 3 heterocycles. The lowest BCUT2D eigenvalue weighted by molar-refractivity contribution is 0.329. The van der Waals surface area contributed by atoms with Crippen LogP contribution >= 0.6 is 23.2 Å². The van der Waals surface area contributed by atoms with Crippen molar-refractivity contribution in [2.75, 3.05) is 13.1 Å². The number of imidazole rings is 1. The third-order valence-electron chi connectivity index (χ3n) is 6.24. The first kappa shape index (κ1) is 21.9. The fraction of sp³-hybridized carbons (Fsp3) is 0.292. The zero-order valence-corrected chi connectivity index (χ0v) is 19.6. The van der Waals surface area contributed by atoms with Crippen molar-refractivity contribution >= 4 is 34.4 Å². The molecule has 170 valence electrons. The minimum atomic E-state index is -0.405. The third-order valence-corrected chi connectivity index (χ3v) is 6.82. The van der Waals surface area contributed by atoms with E-state index >= 15 is 0 Å². The van der Waals surface area contributed by atoms with Crippen LogP contribution in [0.5, 0.6) is 0 Å². The fourth-order valence-electron chi connectivity index (χ4n) is 4.46. The van der Waals surface area contributed by atoms with Crippen LogP contribution in [-0.2, 0) is 13.6 Å². The van der Waals surface area contributed by atoms with Gasteiger partial charge in [0.25, 0.3) is 5.56 Å². The molecule has 4 aromatic rings. The molecule has 2 aromatic carbocycles. The molecule has 0 amide bonds. The Morgan fingerprint density at radius 3 is 2.42 bits per heavy atom. The molecule has 0 bridgehead atoms. The number of rotatable bonds is 4. The topological polar surface area (TPSA) is 73.8 Å². The maximum Gasteiger partial charge on any atom is 0.332 e. The van der Waals surface area contributed by atoms with E-state index in [1.54, 1.807) is 27.3 Å². The molecule has 0 spiro atoms. The van der Waals surface area contributed by atoms with Crippen molar-refractivity contribution in [2.45, 2.75) is 19.4 Å². The van der Waals surface area contributed by atoms with E-state index in [4.69, 9.17) is 28.2 Å². The van der Waals surface area contributed by atoms with Gasteiger partial charge < -0.3 is 5.32 Å². The average molecular weight is 484 g/mol. The molecule has 1 saturated heterocycles. The quantitative estimate of drug-likeness (QED) is 0.478. The summed E-state index contributed by atoms with van der Waals surface area (Å²) in [6.45, 7) is 2.33. The second kappa shape index (κ2) is 8.82. The normalized spacial score (nSPS) is 14.8. The molecule has 1 N–H and O–H groups in total. The van der Waals surface area contributed by atoms with Crippen LogP contribution < -0.4 is 16.6 Å². The molecule has 0 atom stereocenters. The predicted molar refractivity (Wildman–Crippen MR) is 132 cm³/mol. The first-order valence-corrected chi connectivity index (χ1v) is 11.6. The molecular formula is C24H23Cl2N5O2. The number of nitrogens with one attached hydrogen (secondary N) is 1. The number of piperidine rings is 1. The van der Waals surface area contributed by atoms with Crippen LogP contribution in [0.25, 0.3) is 28.2 Å². The van der Waals surface area contributed by atoms with Gasteiger partial charge in [0, 0.05) is 29.9 Å². The standard InChI is InChI=1S/C24H23Cl2N5O2/c1-29-23(32)20-22(30(24(29)33)14-15-10-12-27-13-11-15)28-21(18-4-2-3-5-19(18)26)31(20)17-8-6-16(25)7-9-17/h2-9,15,27H,10-14H2,1H3. The zero-order valence-electron chi connectivity index (χ0n) is 18.1. The monoisotopic (exact) mass is 483 g/mol. The summed E-state index contributed by atoms with van der Waals surface area (Å²) in [5.41, 5.74) is 1.32. The van der Waals surface area contributed by atoms with Crippen molar-refractivity contribution < 1.29 is 0 Å². The molecule has 33 heavy (non-hydrogen) atoms. The Morgan fingerprint density at radius 1 is 1.03 bits per heavy atom. The number of halogens is 2. The molecule has 0 saturated carbocycles. The second-order valence-electron chi connectivity index (χ2n) is 8.35. The van der Waals surface area contributed by atoms with Crippen molar-refractivity contribution in [3.05, 3.63) is 79.4 Å². The van der Waals surface area contributed by atoms with Gasteiger partial charge in [0.15, 0.2) is 11.2 Å². The van der Waals surface area contributed by atoms with E-state index in [1.807, 2.05) is 30.3 Å². The number of hydrogen-bond acceptors (Lipinski definition) is 4. The molecule has 7 nitrogen and oxygen atoms in total. The highest BCUT2D eigenvalue weighted by atomic mass is 35.5. The minimum absolute atomic E-state index is 0.328. The summed E-state index contributed by atoms with van der Waals surface area (Å²) >= 11 is 12.7. The molecule has 1 aliphatic rings. The van der Waals surface area contributed by atoms with Crippen LogP contribution in [-0.4, -0.2) is 31.8 Å². The maximum absolute atomic E-state index is 13.4. The Morgan fingerprint density at radius 2 is 1.73 bits per heavy atom. The maximum atomic E-state index is 13.4. The molecule has 1 fully saturated rings. The van der Waals surface area contributed by atoms with Crippen LogP contribution in [0.1, 0.15) is 12.8 Å². The fourth-order valence-corrected chi connectivity index (χ4v) is 4.80. The predicted octanol–water partition coefficient (Wildman–Crippen LogP) is 3.86. The van der Waals surface area contributed by atoms with Crippen molar-refractivity contribution in [1.82, 2.24) is 24.0 Å². The lowest BCUT2D eigenvalue weighted by Crippen LogP contribution is -2.41. The smallest absolute Gasteiger partial charge is 0.317 e. The van der Waals surface area contributed by atoms with Crippen LogP contribution in [0.2, 0.25) is 10.0 Å². The summed E-state index contributed by atoms with van der Waals surface area (Å²) in [5.74, 6) is 0.828. The number of benzene rings is 2. The van der Waals surface area contributed by atoms with Crippen molar-refractivity contribution in [3.63, 3.8) is 0 Å². The van der Waals surface area contributed by atoms with Crippen LogP contribution in [0, 0.1) is 5.92 Å². The van der Waals surface area contributed by atoms with Gasteiger partial charge in [-0.25, -0.2) is 9.78 Å². The highest BCUT2D eigenvalue weighted by molar-refractivity contribution is 6.33. The van der Waals surface area contributed by atoms with E-state index in [2.05, 4.69) is 5.32 Å². The Kier molecular flexibility index (Phi) is 5.86. The lowest BCUT2D eigenvalue weighted by Gasteiger charge is -2.23. The molecular weight excluding hydrogens is 461 g/mol. The minimum Gasteiger partial charge on any atom is -0.317 e. The van der Waals surface area contributed by atoms with Gasteiger partial charge in [0.05, 0.1) is 5.02 Å². The van der Waals surface area contributed by atoms with Crippen molar-refractivity contribution in [2.24, 2.45) is 13.0 Å². The Bertz CT molecular complexity index is 1450. The zero-order chi connectivity index (χ0) is 23.1. The van der Waals surface area contributed by atoms with Gasteiger partial charge in [-0.1, -0.05) is 35.3 Å². The van der Waals surface area contributed by atoms with Gasteiger partial charge >= 0.3 is 5.69 Å². The van der Waals surface area contributed by atoms with Crippen LogP contribution in [0.4, 0.5) is 0 Å². The van der Waals surface area contributed by atoms with Crippen LogP contribution in [0.15, 0.2) is 58.1 Å². The highest BCUT2D eigenvalue weighted by Crippen LogP contribution is 2.32. The Balaban J connectivity index is 1.85. The molecule has 9 heteroatoms. The highest BCUT2D eigenvalue weighted by Gasteiger charge is 2.25. The number of nitrogens with zero attached hydrogens (tertiary/aromatic N) is 4. The summed E-state index contributed by atoms with van der Waals surface area (Å²) < 4.78 is 4.57. The Labute approximate surface area is 200 Å². The number of fused-ring (bicyclic) bond motifs is 1. The van der Waals surface area contributed by atoms with E-state index in [-0.39, 0.29) is 5.69 Å². The summed E-state index contributed by atoms with van der Waals surface area (Å²) in [7, 11) is 1.51. The summed E-state index contributed by atoms with van der Waals surface area (Å²) in [6.07, 6.45) is 1.93. The SMILES string of the molecule is Cn1c(=O)c2c(nc(-c3ccccc3Cl)n2-c2ccc(Cl)cc2)n(CC2CCNCC2)c1=O. The van der Waals surface area contributed by atoms with Gasteiger partial charge in [-0.2, -0.15) is 0 Å². The molecule has 2 aromatic heterocycles. The summed E-state index contributed by atoms with van der Waals surface area (Å²) in [6, 6.07) is 14.5. The van der Waals surface area contributed by atoms with Gasteiger partial charge in [-0.3, -0.25) is 18.5 Å². The van der Waals surface area contributed by atoms with E-state index < -0.39 is 5.56 Å². The van der Waals surface area contributed by atoms with E-state index in [1.165, 1.54) is 7.05 Å². The molecule has 0 radical (unpaired) electrons. The van der Waals surface area contributed by atoms with Gasteiger partial charge in [0.2, 0.25) is 0 Å². The van der Waals surface area contributed by atoms with Crippen molar-refractivity contribution in [3.8, 4) is 17.1 Å². The van der Waals surface area contributed by atoms with Gasteiger partial charge in [-0.05, 0) is 68.2 Å². The largest absolute Gasteiger partial charge is 0.332 e. The number of aromatic nitrogens is 4. The summed E-state index contributed by atoms with van der Waals surface area (Å²) in [5, 5.41) is 4.44. The number of hydrogen-bond donors (Lipinski definition) is 1. The Hall–Kier alpha value is -2.87. The molecule has 0 aliphatic carbocycles. The molecule has 0 unspecified atom stereocenters. The molecule has 1 aliphatic heterocycles. The molecule has 5 rings (SSSR count). The third kappa shape index (κ3) is 3.90. The second-order valence-corrected chi connectivity index (χ2v) is 9.19. The summed E-state index contributed by atoms with van der Waals surface area (Å²) in [4.78, 5) is 31.5. The van der Waals surface area contributed by atoms with Gasteiger partial charge in [-0.15, -0.1) is 0 Å². The van der Waals surface area contributed by atoms with Crippen molar-refractivity contribution in [1.29, 1.82) is 0 Å². The first-order chi connectivity index (χ1) is 16.0. The first-order valence-electron chi connectivity index (χ1n) is 10.9. The van der Waals surface area contributed by atoms with Crippen LogP contribution in [0.3, 0.4) is 0 Å². The van der Waals surface area contributed by atoms with E-state index in [0.717, 1.165) is 30.5 Å². The van der Waals surface area contributed by atoms with Gasteiger partial charge in [0.1, 0.15) is 5.82 Å². The average Bonchev–Trinajstić information content (AvgIpc) is 3.22.